The molecule has 162 valence electrons. The maximum atomic E-state index is 13.4. The SMILES string of the molecule is COc1cccc(CNC(=O)CSc2nnc(-c3ccc(F)cc3)n2-c2ccccc2)c1. The van der Waals surface area contributed by atoms with E-state index in [4.69, 9.17) is 4.74 Å². The van der Waals surface area contributed by atoms with E-state index in [-0.39, 0.29) is 17.5 Å². The molecule has 0 aliphatic rings. The zero-order chi connectivity index (χ0) is 22.3. The number of rotatable bonds is 8. The highest BCUT2D eigenvalue weighted by Gasteiger charge is 2.17. The van der Waals surface area contributed by atoms with Crippen molar-refractivity contribution in [2.45, 2.75) is 11.7 Å². The van der Waals surface area contributed by atoms with E-state index >= 15 is 0 Å². The van der Waals surface area contributed by atoms with Crippen LogP contribution >= 0.6 is 11.8 Å². The first-order valence-electron chi connectivity index (χ1n) is 9.93. The number of carbonyl (C=O) groups excluding carboxylic acids is 1. The normalized spacial score (nSPS) is 10.7. The molecule has 8 heteroatoms. The van der Waals surface area contributed by atoms with Crippen LogP contribution in [0, 0.1) is 5.82 Å². The van der Waals surface area contributed by atoms with Crippen molar-refractivity contribution in [3.63, 3.8) is 0 Å². The first-order valence-corrected chi connectivity index (χ1v) is 10.9. The van der Waals surface area contributed by atoms with Crippen LogP contribution in [-0.4, -0.2) is 33.5 Å². The maximum absolute atomic E-state index is 13.4. The molecule has 4 aromatic rings. The lowest BCUT2D eigenvalue weighted by molar-refractivity contribution is -0.118. The molecular formula is C24H21FN4O2S. The number of hydrogen-bond donors (Lipinski definition) is 1. The summed E-state index contributed by atoms with van der Waals surface area (Å²) in [7, 11) is 1.61. The van der Waals surface area contributed by atoms with Gasteiger partial charge in [-0.25, -0.2) is 4.39 Å². The number of thioether (sulfide) groups is 1. The number of nitrogens with one attached hydrogen (secondary N) is 1. The van der Waals surface area contributed by atoms with Gasteiger partial charge in [-0.05, 0) is 54.1 Å². The number of carbonyl (C=O) groups is 1. The lowest BCUT2D eigenvalue weighted by Gasteiger charge is -2.10. The molecule has 1 amide bonds. The standard InChI is InChI=1S/C24H21FN4O2S/c1-31-21-9-5-6-17(14-21)15-26-22(30)16-32-24-28-27-23(18-10-12-19(25)13-11-18)29(24)20-7-3-2-4-8-20/h2-14H,15-16H2,1H3,(H,26,30). The van der Waals surface area contributed by atoms with Crippen LogP contribution in [0.4, 0.5) is 4.39 Å². The first-order chi connectivity index (χ1) is 15.6. The Morgan fingerprint density at radius 2 is 1.81 bits per heavy atom. The van der Waals surface area contributed by atoms with Crippen molar-refractivity contribution >= 4 is 17.7 Å². The summed E-state index contributed by atoms with van der Waals surface area (Å²) in [6.45, 7) is 0.406. The number of aromatic nitrogens is 3. The highest BCUT2D eigenvalue weighted by Crippen LogP contribution is 2.28. The number of ether oxygens (including phenoxy) is 1. The van der Waals surface area contributed by atoms with Crippen molar-refractivity contribution in [2.75, 3.05) is 12.9 Å². The topological polar surface area (TPSA) is 69.0 Å². The van der Waals surface area contributed by atoms with Crippen molar-refractivity contribution in [1.82, 2.24) is 20.1 Å². The summed E-state index contributed by atoms with van der Waals surface area (Å²) in [4.78, 5) is 12.4. The van der Waals surface area contributed by atoms with Crippen LogP contribution in [0.15, 0.2) is 84.0 Å². The molecule has 0 fully saturated rings. The largest absolute Gasteiger partial charge is 0.497 e. The van der Waals surface area contributed by atoms with Crippen LogP contribution in [0.3, 0.4) is 0 Å². The molecule has 0 bridgehead atoms. The Balaban J connectivity index is 1.49. The molecule has 0 radical (unpaired) electrons. The number of amides is 1. The van der Waals surface area contributed by atoms with Crippen molar-refractivity contribution in [1.29, 1.82) is 0 Å². The molecule has 6 nitrogen and oxygen atoms in total. The molecule has 1 aromatic heterocycles. The van der Waals surface area contributed by atoms with Gasteiger partial charge >= 0.3 is 0 Å². The molecule has 0 atom stereocenters. The minimum absolute atomic E-state index is 0.122. The number of halogens is 1. The third kappa shape index (κ3) is 5.15. The average Bonchev–Trinajstić information content (AvgIpc) is 3.26. The maximum Gasteiger partial charge on any atom is 0.230 e. The summed E-state index contributed by atoms with van der Waals surface area (Å²) in [5, 5.41) is 12.1. The zero-order valence-electron chi connectivity index (χ0n) is 17.4. The van der Waals surface area contributed by atoms with Crippen molar-refractivity contribution in [3.05, 3.63) is 90.2 Å². The molecular weight excluding hydrogens is 427 g/mol. The van der Waals surface area contributed by atoms with E-state index < -0.39 is 0 Å². The Morgan fingerprint density at radius 3 is 2.56 bits per heavy atom. The first kappa shape index (κ1) is 21.6. The molecule has 1 heterocycles. The molecule has 4 rings (SSSR count). The monoisotopic (exact) mass is 448 g/mol. The molecule has 0 unspecified atom stereocenters. The smallest absolute Gasteiger partial charge is 0.230 e. The van der Waals surface area contributed by atoms with E-state index in [1.54, 1.807) is 19.2 Å². The van der Waals surface area contributed by atoms with Crippen LogP contribution < -0.4 is 10.1 Å². The fourth-order valence-corrected chi connectivity index (χ4v) is 3.91. The molecule has 1 N–H and O–H groups in total. The number of para-hydroxylation sites is 1. The van der Waals surface area contributed by atoms with E-state index in [0.717, 1.165) is 22.6 Å². The summed E-state index contributed by atoms with van der Waals surface area (Å²) in [5.41, 5.74) is 2.54. The minimum atomic E-state index is -0.318. The quantitative estimate of drug-likeness (QED) is 0.402. The number of benzene rings is 3. The van der Waals surface area contributed by atoms with Gasteiger partial charge in [-0.15, -0.1) is 10.2 Å². The number of nitrogens with zero attached hydrogens (tertiary/aromatic N) is 3. The third-order valence-electron chi connectivity index (χ3n) is 4.71. The lowest BCUT2D eigenvalue weighted by Crippen LogP contribution is -2.24. The third-order valence-corrected chi connectivity index (χ3v) is 5.64. The zero-order valence-corrected chi connectivity index (χ0v) is 18.2. The summed E-state index contributed by atoms with van der Waals surface area (Å²) in [6.07, 6.45) is 0. The Morgan fingerprint density at radius 1 is 1.03 bits per heavy atom. The van der Waals surface area contributed by atoms with Crippen molar-refractivity contribution < 1.29 is 13.9 Å². The minimum Gasteiger partial charge on any atom is -0.497 e. The molecule has 3 aromatic carbocycles. The highest BCUT2D eigenvalue weighted by molar-refractivity contribution is 7.99. The van der Waals surface area contributed by atoms with Gasteiger partial charge in [0, 0.05) is 17.8 Å². The predicted octanol–water partition coefficient (Wildman–Crippen LogP) is 4.49. The van der Waals surface area contributed by atoms with Crippen LogP contribution in [0.2, 0.25) is 0 Å². The second-order valence-electron chi connectivity index (χ2n) is 6.90. The van der Waals surface area contributed by atoms with E-state index in [9.17, 15) is 9.18 Å². The van der Waals surface area contributed by atoms with Gasteiger partial charge in [0.1, 0.15) is 11.6 Å². The van der Waals surface area contributed by atoms with Crippen LogP contribution in [0.25, 0.3) is 17.1 Å². The Bertz CT molecular complexity index is 1200. The van der Waals surface area contributed by atoms with Crippen LogP contribution in [0.5, 0.6) is 5.75 Å². The van der Waals surface area contributed by atoms with Crippen LogP contribution in [0.1, 0.15) is 5.56 Å². The molecule has 32 heavy (non-hydrogen) atoms. The van der Waals surface area contributed by atoms with Gasteiger partial charge in [-0.1, -0.05) is 42.1 Å². The number of hydrogen-bond acceptors (Lipinski definition) is 5. The summed E-state index contributed by atoms with van der Waals surface area (Å²) in [5.74, 6) is 1.06. The molecule has 0 saturated heterocycles. The molecule has 0 saturated carbocycles. The highest BCUT2D eigenvalue weighted by atomic mass is 32.2. The molecule has 0 spiro atoms. The fourth-order valence-electron chi connectivity index (χ4n) is 3.12. The van der Waals surface area contributed by atoms with Gasteiger partial charge in [0.05, 0.1) is 12.9 Å². The van der Waals surface area contributed by atoms with Gasteiger partial charge in [-0.3, -0.25) is 9.36 Å². The summed E-state index contributed by atoms with van der Waals surface area (Å²) >= 11 is 1.29. The Kier molecular flexibility index (Phi) is 6.81. The summed E-state index contributed by atoms with van der Waals surface area (Å²) < 4.78 is 20.5. The Hall–Kier alpha value is -3.65. The van der Waals surface area contributed by atoms with Gasteiger partial charge in [0.15, 0.2) is 11.0 Å². The van der Waals surface area contributed by atoms with Gasteiger partial charge < -0.3 is 10.1 Å². The van der Waals surface area contributed by atoms with E-state index in [1.807, 2.05) is 59.2 Å². The van der Waals surface area contributed by atoms with E-state index in [2.05, 4.69) is 15.5 Å². The van der Waals surface area contributed by atoms with Gasteiger partial charge in [0.25, 0.3) is 0 Å². The predicted molar refractivity (Wildman–Crippen MR) is 122 cm³/mol. The average molecular weight is 449 g/mol. The second-order valence-corrected chi connectivity index (χ2v) is 7.84. The summed E-state index contributed by atoms with van der Waals surface area (Å²) in [6, 6.07) is 23.3. The molecule has 0 aliphatic carbocycles. The van der Waals surface area contributed by atoms with Gasteiger partial charge in [-0.2, -0.15) is 0 Å². The molecule has 0 aliphatic heterocycles. The van der Waals surface area contributed by atoms with E-state index in [0.29, 0.717) is 17.5 Å². The Labute approximate surface area is 189 Å². The van der Waals surface area contributed by atoms with E-state index in [1.165, 1.54) is 23.9 Å². The van der Waals surface area contributed by atoms with Crippen LogP contribution in [-0.2, 0) is 11.3 Å². The van der Waals surface area contributed by atoms with Crippen molar-refractivity contribution in [2.24, 2.45) is 0 Å². The second kappa shape index (κ2) is 10.1. The van der Waals surface area contributed by atoms with Gasteiger partial charge in [0.2, 0.25) is 5.91 Å². The van der Waals surface area contributed by atoms with Crippen molar-refractivity contribution in [3.8, 4) is 22.8 Å². The number of methoxy groups -OCH3 is 1. The lowest BCUT2D eigenvalue weighted by atomic mass is 10.2. The fraction of sp³-hybridized carbons (Fsp3) is 0.125.